The fourth-order valence-corrected chi connectivity index (χ4v) is 3.49. The summed E-state index contributed by atoms with van der Waals surface area (Å²) in [5.41, 5.74) is -0.0164. The number of carbonyl (C=O) groups is 3. The first-order valence-corrected chi connectivity index (χ1v) is 7.98. The average Bonchev–Trinajstić information content (AvgIpc) is 3.03. The standard InChI is InChI=1S/C17H20N2O5/c1-24-10-4-5-13-11(8-10)12(9-14(20)18-13)15(21)19-17(16(22)23)6-2-3-7-17/h4-5,8,12H,2-3,6-7,9H2,1H3,(H,18,20)(H,19,21)(H,22,23)/t12-/m1/s1. The van der Waals surface area contributed by atoms with Gasteiger partial charge in [0.05, 0.1) is 13.0 Å². The minimum absolute atomic E-state index is 0.0122. The van der Waals surface area contributed by atoms with Crippen LogP contribution >= 0.6 is 0 Å². The Labute approximate surface area is 139 Å². The summed E-state index contributed by atoms with van der Waals surface area (Å²) in [4.78, 5) is 36.3. The molecule has 1 atom stereocenters. The molecule has 1 heterocycles. The monoisotopic (exact) mass is 332 g/mol. The molecule has 3 N–H and O–H groups in total. The molecule has 1 saturated carbocycles. The van der Waals surface area contributed by atoms with Crippen LogP contribution in [-0.2, 0) is 14.4 Å². The predicted molar refractivity (Wildman–Crippen MR) is 86.0 cm³/mol. The van der Waals surface area contributed by atoms with Crippen molar-refractivity contribution in [3.63, 3.8) is 0 Å². The number of amides is 2. The van der Waals surface area contributed by atoms with Crippen molar-refractivity contribution in [2.75, 3.05) is 12.4 Å². The quantitative estimate of drug-likeness (QED) is 0.777. The SMILES string of the molecule is COc1ccc2c(c1)[C@H](C(=O)NC1(C(=O)O)CCCC1)CC(=O)N2. The lowest BCUT2D eigenvalue weighted by atomic mass is 9.88. The van der Waals surface area contributed by atoms with Crippen LogP contribution in [0.5, 0.6) is 5.75 Å². The van der Waals surface area contributed by atoms with Crippen LogP contribution < -0.4 is 15.4 Å². The lowest BCUT2D eigenvalue weighted by Crippen LogP contribution is -2.54. The summed E-state index contributed by atoms with van der Waals surface area (Å²) < 4.78 is 5.19. The van der Waals surface area contributed by atoms with Crippen LogP contribution in [0.4, 0.5) is 5.69 Å². The van der Waals surface area contributed by atoms with Crippen molar-refractivity contribution in [1.29, 1.82) is 0 Å². The Morgan fingerprint density at radius 2 is 2.04 bits per heavy atom. The van der Waals surface area contributed by atoms with E-state index in [1.807, 2.05) is 0 Å². The van der Waals surface area contributed by atoms with E-state index in [9.17, 15) is 19.5 Å². The molecule has 1 fully saturated rings. The number of nitrogens with one attached hydrogen (secondary N) is 2. The smallest absolute Gasteiger partial charge is 0.329 e. The van der Waals surface area contributed by atoms with Gasteiger partial charge < -0.3 is 20.5 Å². The van der Waals surface area contributed by atoms with E-state index < -0.39 is 23.3 Å². The third-order valence-corrected chi connectivity index (χ3v) is 4.84. The lowest BCUT2D eigenvalue weighted by Gasteiger charge is -2.30. The first kappa shape index (κ1) is 16.3. The van der Waals surface area contributed by atoms with Crippen LogP contribution in [0.15, 0.2) is 18.2 Å². The maximum atomic E-state index is 12.8. The van der Waals surface area contributed by atoms with Gasteiger partial charge in [-0.25, -0.2) is 4.79 Å². The number of carbonyl (C=O) groups excluding carboxylic acids is 2. The van der Waals surface area contributed by atoms with Gasteiger partial charge in [0.2, 0.25) is 11.8 Å². The van der Waals surface area contributed by atoms with Gasteiger partial charge in [-0.1, -0.05) is 12.8 Å². The highest BCUT2D eigenvalue weighted by atomic mass is 16.5. The van der Waals surface area contributed by atoms with Gasteiger partial charge in [0.1, 0.15) is 11.3 Å². The molecule has 3 rings (SSSR count). The van der Waals surface area contributed by atoms with Crippen LogP contribution in [-0.4, -0.2) is 35.5 Å². The number of hydrogen-bond donors (Lipinski definition) is 3. The summed E-state index contributed by atoms with van der Waals surface area (Å²) in [6.07, 6.45) is 2.35. The maximum absolute atomic E-state index is 12.8. The first-order valence-electron chi connectivity index (χ1n) is 7.98. The molecule has 2 amide bonds. The molecule has 0 saturated heterocycles. The summed E-state index contributed by atoms with van der Waals surface area (Å²) in [6, 6.07) is 5.10. The number of benzene rings is 1. The zero-order valence-electron chi connectivity index (χ0n) is 13.4. The van der Waals surface area contributed by atoms with Crippen molar-refractivity contribution in [2.45, 2.75) is 43.6 Å². The number of rotatable bonds is 4. The number of anilines is 1. The minimum Gasteiger partial charge on any atom is -0.497 e. The summed E-state index contributed by atoms with van der Waals surface area (Å²) in [5, 5.41) is 15.0. The lowest BCUT2D eigenvalue weighted by molar-refractivity contribution is -0.147. The van der Waals surface area contributed by atoms with Crippen molar-refractivity contribution < 1.29 is 24.2 Å². The average molecular weight is 332 g/mol. The highest BCUT2D eigenvalue weighted by Crippen LogP contribution is 2.37. The van der Waals surface area contributed by atoms with Crippen LogP contribution in [0.2, 0.25) is 0 Å². The van der Waals surface area contributed by atoms with Crippen LogP contribution in [0.1, 0.15) is 43.6 Å². The third-order valence-electron chi connectivity index (χ3n) is 4.84. The number of hydrogen-bond acceptors (Lipinski definition) is 4. The van der Waals surface area contributed by atoms with Gasteiger partial charge in [0.15, 0.2) is 0 Å². The molecule has 7 heteroatoms. The van der Waals surface area contributed by atoms with Crippen molar-refractivity contribution in [1.82, 2.24) is 5.32 Å². The van der Waals surface area contributed by atoms with Gasteiger partial charge in [-0.2, -0.15) is 0 Å². The fourth-order valence-electron chi connectivity index (χ4n) is 3.49. The molecule has 1 aromatic rings. The molecule has 0 bridgehead atoms. The Balaban J connectivity index is 1.90. The van der Waals surface area contributed by atoms with Gasteiger partial charge in [-0.3, -0.25) is 9.59 Å². The van der Waals surface area contributed by atoms with Gasteiger partial charge in [-0.05, 0) is 36.6 Å². The van der Waals surface area contributed by atoms with E-state index in [0.29, 0.717) is 29.8 Å². The van der Waals surface area contributed by atoms with E-state index in [1.54, 1.807) is 18.2 Å². The molecule has 2 aliphatic rings. The third kappa shape index (κ3) is 2.81. The van der Waals surface area contributed by atoms with Gasteiger partial charge in [0.25, 0.3) is 0 Å². The zero-order chi connectivity index (χ0) is 17.3. The van der Waals surface area contributed by atoms with E-state index in [4.69, 9.17) is 4.74 Å². The Morgan fingerprint density at radius 3 is 2.67 bits per heavy atom. The van der Waals surface area contributed by atoms with Crippen molar-refractivity contribution in [3.05, 3.63) is 23.8 Å². The van der Waals surface area contributed by atoms with Crippen LogP contribution in [0.25, 0.3) is 0 Å². The van der Waals surface area contributed by atoms with E-state index in [1.165, 1.54) is 7.11 Å². The minimum atomic E-state index is -1.22. The molecule has 1 aliphatic heterocycles. The second kappa shape index (κ2) is 6.14. The van der Waals surface area contributed by atoms with E-state index in [-0.39, 0.29) is 12.3 Å². The van der Waals surface area contributed by atoms with Gasteiger partial charge >= 0.3 is 5.97 Å². The van der Waals surface area contributed by atoms with Crippen molar-refractivity contribution in [2.24, 2.45) is 0 Å². The summed E-state index contributed by atoms with van der Waals surface area (Å²) in [7, 11) is 1.52. The molecule has 24 heavy (non-hydrogen) atoms. The Hall–Kier alpha value is -2.57. The molecule has 0 unspecified atom stereocenters. The number of fused-ring (bicyclic) bond motifs is 1. The summed E-state index contributed by atoms with van der Waals surface area (Å²) >= 11 is 0. The second-order valence-electron chi connectivity index (χ2n) is 6.34. The fraction of sp³-hybridized carbons (Fsp3) is 0.471. The molecule has 0 spiro atoms. The van der Waals surface area contributed by atoms with Crippen molar-refractivity contribution in [3.8, 4) is 5.75 Å². The van der Waals surface area contributed by atoms with E-state index in [0.717, 1.165) is 12.8 Å². The summed E-state index contributed by atoms with van der Waals surface area (Å²) in [5.74, 6) is -1.84. The Bertz CT molecular complexity index is 694. The second-order valence-corrected chi connectivity index (χ2v) is 6.34. The van der Waals surface area contributed by atoms with Crippen LogP contribution in [0.3, 0.4) is 0 Å². The number of methoxy groups -OCH3 is 1. The number of ether oxygens (including phenoxy) is 1. The highest BCUT2D eigenvalue weighted by Gasteiger charge is 2.44. The molecule has 1 aromatic carbocycles. The topological polar surface area (TPSA) is 105 Å². The molecule has 7 nitrogen and oxygen atoms in total. The van der Waals surface area contributed by atoms with E-state index >= 15 is 0 Å². The molecule has 1 aliphatic carbocycles. The van der Waals surface area contributed by atoms with Crippen molar-refractivity contribution >= 4 is 23.5 Å². The number of aliphatic carboxylic acids is 1. The summed E-state index contributed by atoms with van der Waals surface area (Å²) in [6.45, 7) is 0. The zero-order valence-corrected chi connectivity index (χ0v) is 13.4. The number of carboxylic acid groups (broad SMARTS) is 1. The highest BCUT2D eigenvalue weighted by molar-refractivity contribution is 6.02. The first-order chi connectivity index (χ1) is 11.4. The number of carboxylic acids is 1. The molecular formula is C17H20N2O5. The maximum Gasteiger partial charge on any atom is 0.329 e. The molecule has 128 valence electrons. The van der Waals surface area contributed by atoms with Gasteiger partial charge in [0, 0.05) is 12.1 Å². The molecule has 0 aromatic heterocycles. The Morgan fingerprint density at radius 1 is 1.33 bits per heavy atom. The van der Waals surface area contributed by atoms with Crippen LogP contribution in [0, 0.1) is 0 Å². The largest absolute Gasteiger partial charge is 0.497 e. The molecular weight excluding hydrogens is 312 g/mol. The van der Waals surface area contributed by atoms with Gasteiger partial charge in [-0.15, -0.1) is 0 Å². The normalized spacial score (nSPS) is 21.5. The molecule has 0 radical (unpaired) electrons. The predicted octanol–water partition coefficient (Wildman–Crippen LogP) is 1.63. The Kier molecular flexibility index (Phi) is 4.17. The van der Waals surface area contributed by atoms with E-state index in [2.05, 4.69) is 10.6 Å².